The molecule has 1 aromatic carbocycles. The summed E-state index contributed by atoms with van der Waals surface area (Å²) in [7, 11) is 0. The zero-order valence-electron chi connectivity index (χ0n) is 13.8. The molecule has 0 aliphatic carbocycles. The van der Waals surface area contributed by atoms with Gasteiger partial charge in [0.25, 0.3) is 0 Å². The maximum absolute atomic E-state index is 12.4. The van der Waals surface area contributed by atoms with E-state index in [1.54, 1.807) is 0 Å². The van der Waals surface area contributed by atoms with Gasteiger partial charge in [-0.15, -0.1) is 0 Å². The highest BCUT2D eigenvalue weighted by molar-refractivity contribution is 5.97. The van der Waals surface area contributed by atoms with E-state index in [4.69, 9.17) is 0 Å². The summed E-state index contributed by atoms with van der Waals surface area (Å²) in [5, 5.41) is 3.00. The second-order valence-electron chi connectivity index (χ2n) is 5.61. The molecule has 4 heteroatoms. The maximum atomic E-state index is 12.4. The molecule has 0 unspecified atom stereocenters. The zero-order chi connectivity index (χ0) is 16.8. The van der Waals surface area contributed by atoms with Gasteiger partial charge in [0.2, 0.25) is 5.91 Å². The lowest BCUT2D eigenvalue weighted by molar-refractivity contribution is -0.117. The van der Waals surface area contributed by atoms with E-state index < -0.39 is 0 Å². The lowest BCUT2D eigenvalue weighted by Gasteiger charge is -2.07. The minimum absolute atomic E-state index is 0.0118. The third kappa shape index (κ3) is 3.71. The molecule has 2 aromatic heterocycles. The molecule has 0 aliphatic heterocycles. The molecular weight excluding hydrogens is 298 g/mol. The van der Waals surface area contributed by atoms with Gasteiger partial charge in [0.05, 0.1) is 11.7 Å². The maximum Gasteiger partial charge on any atom is 0.247 e. The van der Waals surface area contributed by atoms with Crippen LogP contribution in [0.25, 0.3) is 11.6 Å². The second-order valence-corrected chi connectivity index (χ2v) is 5.61. The van der Waals surface area contributed by atoms with Crippen LogP contribution in [0.2, 0.25) is 0 Å². The number of hydrogen-bond acceptors (Lipinski definition) is 2. The number of nitrogens with one attached hydrogen (secondary N) is 1. The van der Waals surface area contributed by atoms with E-state index >= 15 is 0 Å². The number of nitrogens with zero attached hydrogens (tertiary/aromatic N) is 2. The fourth-order valence-electron chi connectivity index (χ4n) is 2.66. The molecule has 3 aromatic rings. The molecule has 0 saturated heterocycles. The standard InChI is InChI=1S/C20H21N3O/c1-2-17(14-16-8-4-3-5-9-16)20(24)21-12-11-19-22-15-18-10-6-7-13-23(18)19/h3-10,13-15H,2,11-12H2,1H3,(H,21,24)/b17-14+. The molecule has 0 fully saturated rings. The molecule has 0 bridgehead atoms. The Hall–Kier alpha value is -2.88. The third-order valence-electron chi connectivity index (χ3n) is 3.96. The van der Waals surface area contributed by atoms with Crippen LogP contribution in [0.4, 0.5) is 0 Å². The Morgan fingerprint density at radius 3 is 2.75 bits per heavy atom. The lowest BCUT2D eigenvalue weighted by atomic mass is 10.1. The number of rotatable bonds is 6. The number of imidazole rings is 1. The van der Waals surface area contributed by atoms with Gasteiger partial charge in [0.1, 0.15) is 5.82 Å². The van der Waals surface area contributed by atoms with Crippen molar-refractivity contribution in [2.24, 2.45) is 0 Å². The average Bonchev–Trinajstić information content (AvgIpc) is 3.04. The summed E-state index contributed by atoms with van der Waals surface area (Å²) < 4.78 is 2.05. The minimum Gasteiger partial charge on any atom is -0.352 e. The predicted octanol–water partition coefficient (Wildman–Crippen LogP) is 3.49. The summed E-state index contributed by atoms with van der Waals surface area (Å²) in [5.41, 5.74) is 2.90. The highest BCUT2D eigenvalue weighted by atomic mass is 16.1. The van der Waals surface area contributed by atoms with Crippen LogP contribution in [0, 0.1) is 0 Å². The highest BCUT2D eigenvalue weighted by Gasteiger charge is 2.08. The van der Waals surface area contributed by atoms with E-state index in [-0.39, 0.29) is 5.91 Å². The van der Waals surface area contributed by atoms with Crippen LogP contribution in [0.1, 0.15) is 24.7 Å². The Morgan fingerprint density at radius 2 is 1.96 bits per heavy atom. The van der Waals surface area contributed by atoms with Crippen molar-refractivity contribution in [1.82, 2.24) is 14.7 Å². The number of pyridine rings is 1. The van der Waals surface area contributed by atoms with E-state index in [9.17, 15) is 4.79 Å². The van der Waals surface area contributed by atoms with Crippen molar-refractivity contribution in [3.8, 4) is 0 Å². The monoisotopic (exact) mass is 319 g/mol. The van der Waals surface area contributed by atoms with Gasteiger partial charge >= 0.3 is 0 Å². The van der Waals surface area contributed by atoms with Crippen molar-refractivity contribution in [3.63, 3.8) is 0 Å². The topological polar surface area (TPSA) is 46.4 Å². The Balaban J connectivity index is 1.61. The largest absolute Gasteiger partial charge is 0.352 e. The van der Waals surface area contributed by atoms with Gasteiger partial charge in [-0.1, -0.05) is 43.3 Å². The number of carbonyl (C=O) groups is 1. The molecular formula is C20H21N3O. The first-order chi connectivity index (χ1) is 11.8. The smallest absolute Gasteiger partial charge is 0.247 e. The average molecular weight is 319 g/mol. The van der Waals surface area contributed by atoms with Crippen molar-refractivity contribution in [2.45, 2.75) is 19.8 Å². The third-order valence-corrected chi connectivity index (χ3v) is 3.96. The predicted molar refractivity (Wildman–Crippen MR) is 96.6 cm³/mol. The summed E-state index contributed by atoms with van der Waals surface area (Å²) in [4.78, 5) is 16.8. The van der Waals surface area contributed by atoms with Crippen LogP contribution in [0.15, 0.2) is 66.5 Å². The Morgan fingerprint density at radius 1 is 1.17 bits per heavy atom. The van der Waals surface area contributed by atoms with Crippen molar-refractivity contribution >= 4 is 17.5 Å². The van der Waals surface area contributed by atoms with Crippen LogP contribution in [0.5, 0.6) is 0 Å². The molecule has 4 nitrogen and oxygen atoms in total. The van der Waals surface area contributed by atoms with Gasteiger partial charge in [-0.05, 0) is 30.2 Å². The van der Waals surface area contributed by atoms with Crippen LogP contribution >= 0.6 is 0 Å². The van der Waals surface area contributed by atoms with Gasteiger partial charge in [0, 0.05) is 24.7 Å². The first-order valence-electron chi connectivity index (χ1n) is 8.22. The van der Waals surface area contributed by atoms with Crippen molar-refractivity contribution in [2.75, 3.05) is 6.54 Å². The Kier molecular flexibility index (Phi) is 5.06. The number of aromatic nitrogens is 2. The summed E-state index contributed by atoms with van der Waals surface area (Å²) in [5.74, 6) is 0.943. The Bertz CT molecular complexity index is 849. The van der Waals surface area contributed by atoms with Gasteiger partial charge < -0.3 is 9.72 Å². The van der Waals surface area contributed by atoms with E-state index in [2.05, 4.69) is 10.3 Å². The quantitative estimate of drug-likeness (QED) is 0.707. The number of carbonyl (C=O) groups excluding carboxylic acids is 1. The van der Waals surface area contributed by atoms with Crippen molar-refractivity contribution in [1.29, 1.82) is 0 Å². The lowest BCUT2D eigenvalue weighted by Crippen LogP contribution is -2.27. The Labute approximate surface area is 141 Å². The molecule has 0 atom stereocenters. The fourth-order valence-corrected chi connectivity index (χ4v) is 2.66. The summed E-state index contributed by atoms with van der Waals surface area (Å²) >= 11 is 0. The van der Waals surface area contributed by atoms with Crippen LogP contribution < -0.4 is 5.32 Å². The van der Waals surface area contributed by atoms with E-state index in [0.717, 1.165) is 22.5 Å². The fraction of sp³-hybridized carbons (Fsp3) is 0.200. The number of hydrogen-bond donors (Lipinski definition) is 1. The number of benzene rings is 1. The molecule has 0 spiro atoms. The molecule has 0 aliphatic rings. The second kappa shape index (κ2) is 7.59. The van der Waals surface area contributed by atoms with E-state index in [1.165, 1.54) is 0 Å². The highest BCUT2D eigenvalue weighted by Crippen LogP contribution is 2.10. The van der Waals surface area contributed by atoms with Gasteiger partial charge in [-0.25, -0.2) is 4.98 Å². The molecule has 3 rings (SSSR count). The molecule has 1 N–H and O–H groups in total. The number of fused-ring (bicyclic) bond motifs is 1. The summed E-state index contributed by atoms with van der Waals surface area (Å²) in [6.45, 7) is 2.56. The van der Waals surface area contributed by atoms with Crippen molar-refractivity contribution in [3.05, 3.63) is 77.9 Å². The SMILES string of the molecule is CC/C(=C\c1ccccc1)C(=O)NCCc1ncc2ccccn12. The summed E-state index contributed by atoms with van der Waals surface area (Å²) in [6.07, 6.45) is 7.19. The van der Waals surface area contributed by atoms with Crippen LogP contribution in [0.3, 0.4) is 0 Å². The van der Waals surface area contributed by atoms with Crippen LogP contribution in [-0.2, 0) is 11.2 Å². The van der Waals surface area contributed by atoms with Crippen molar-refractivity contribution < 1.29 is 4.79 Å². The van der Waals surface area contributed by atoms with Crippen LogP contribution in [-0.4, -0.2) is 21.8 Å². The molecule has 0 radical (unpaired) electrons. The molecule has 0 saturated carbocycles. The minimum atomic E-state index is -0.0118. The van der Waals surface area contributed by atoms with Gasteiger partial charge in [-0.2, -0.15) is 0 Å². The zero-order valence-corrected chi connectivity index (χ0v) is 13.8. The van der Waals surface area contributed by atoms with Gasteiger partial charge in [-0.3, -0.25) is 4.79 Å². The van der Waals surface area contributed by atoms with E-state index in [1.807, 2.05) is 78.3 Å². The number of amides is 1. The molecule has 1 amide bonds. The molecule has 24 heavy (non-hydrogen) atoms. The first-order valence-corrected chi connectivity index (χ1v) is 8.22. The first kappa shape index (κ1) is 16.0. The summed E-state index contributed by atoms with van der Waals surface area (Å²) in [6, 6.07) is 15.9. The normalized spacial score (nSPS) is 11.6. The van der Waals surface area contributed by atoms with E-state index in [0.29, 0.717) is 19.4 Å². The molecule has 2 heterocycles. The molecule has 122 valence electrons. The van der Waals surface area contributed by atoms with Gasteiger partial charge in [0.15, 0.2) is 0 Å².